The minimum absolute atomic E-state index is 0.167. The molecule has 1 aromatic rings. The summed E-state index contributed by atoms with van der Waals surface area (Å²) in [7, 11) is 1.36. The smallest absolute Gasteiger partial charge is 0.309 e. The van der Waals surface area contributed by atoms with E-state index in [4.69, 9.17) is 28.4 Å². The molecule has 0 aromatic heterocycles. The first-order valence-electron chi connectivity index (χ1n) is 12.5. The third-order valence-corrected chi connectivity index (χ3v) is 6.79. The minimum Gasteiger partial charge on any atom is -0.469 e. The van der Waals surface area contributed by atoms with Gasteiger partial charge in [0.2, 0.25) is 0 Å². The molecule has 3 fully saturated rings. The molecule has 192 valence electrons. The number of carbonyl (C=O) groups excluding carboxylic acids is 2. The zero-order valence-corrected chi connectivity index (χ0v) is 20.6. The number of esters is 2. The molecule has 8 nitrogen and oxygen atoms in total. The summed E-state index contributed by atoms with van der Waals surface area (Å²) < 4.78 is 36.0. The summed E-state index contributed by atoms with van der Waals surface area (Å²) in [6, 6.07) is 9.96. The van der Waals surface area contributed by atoms with Crippen molar-refractivity contribution < 1.29 is 38.0 Å². The Bertz CT molecular complexity index is 863. The van der Waals surface area contributed by atoms with E-state index in [1.165, 1.54) is 14.0 Å². The lowest BCUT2D eigenvalue weighted by molar-refractivity contribution is -0.214. The van der Waals surface area contributed by atoms with E-state index >= 15 is 0 Å². The lowest BCUT2D eigenvalue weighted by atomic mass is 9.93. The quantitative estimate of drug-likeness (QED) is 0.382. The van der Waals surface area contributed by atoms with Gasteiger partial charge in [0.1, 0.15) is 24.4 Å². The lowest BCUT2D eigenvalue weighted by Gasteiger charge is -2.41. The van der Waals surface area contributed by atoms with E-state index in [0.29, 0.717) is 19.6 Å². The second kappa shape index (κ2) is 12.1. The van der Waals surface area contributed by atoms with E-state index in [-0.39, 0.29) is 18.5 Å². The van der Waals surface area contributed by atoms with Gasteiger partial charge in [-0.2, -0.15) is 0 Å². The predicted octanol–water partition coefficient (Wildman–Crippen LogP) is 3.86. The van der Waals surface area contributed by atoms with E-state index in [0.717, 1.165) is 37.7 Å². The summed E-state index contributed by atoms with van der Waals surface area (Å²) in [6.07, 6.45) is 6.76. The molecule has 1 spiro atoms. The average molecular weight is 489 g/mol. The van der Waals surface area contributed by atoms with Crippen LogP contribution in [0.3, 0.4) is 0 Å². The number of hydrogen-bond donors (Lipinski definition) is 0. The molecule has 0 bridgehead atoms. The number of carbonyl (C=O) groups is 2. The maximum atomic E-state index is 12.0. The molecule has 8 heteroatoms. The fourth-order valence-electron chi connectivity index (χ4n) is 5.14. The van der Waals surface area contributed by atoms with Crippen LogP contribution in [-0.4, -0.2) is 62.0 Å². The number of hydrogen-bond acceptors (Lipinski definition) is 8. The molecule has 1 aromatic carbocycles. The van der Waals surface area contributed by atoms with Crippen LogP contribution in [0.15, 0.2) is 42.5 Å². The maximum absolute atomic E-state index is 12.0. The van der Waals surface area contributed by atoms with Gasteiger partial charge >= 0.3 is 11.9 Å². The molecule has 3 aliphatic rings. The molecule has 0 unspecified atom stereocenters. The molecule has 1 aliphatic carbocycles. The number of fused-ring (bicyclic) bond motifs is 1. The van der Waals surface area contributed by atoms with Crippen molar-refractivity contribution in [3.8, 4) is 0 Å². The van der Waals surface area contributed by atoms with Crippen molar-refractivity contribution in [2.45, 2.75) is 94.8 Å². The Hall–Kier alpha value is -2.26. The third kappa shape index (κ3) is 6.70. The molecule has 0 radical (unpaired) electrons. The largest absolute Gasteiger partial charge is 0.469 e. The Balaban J connectivity index is 1.50. The molecule has 2 aliphatic heterocycles. The van der Waals surface area contributed by atoms with Crippen molar-refractivity contribution in [3.63, 3.8) is 0 Å². The number of ether oxygens (including phenoxy) is 6. The number of rotatable bonds is 9. The third-order valence-electron chi connectivity index (χ3n) is 6.79. The second-order valence-corrected chi connectivity index (χ2v) is 9.41. The molecule has 35 heavy (non-hydrogen) atoms. The highest BCUT2D eigenvalue weighted by Crippen LogP contribution is 2.46. The molecule has 0 amide bonds. The fourth-order valence-corrected chi connectivity index (χ4v) is 5.14. The normalized spacial score (nSPS) is 29.7. The van der Waals surface area contributed by atoms with Gasteiger partial charge in [-0.3, -0.25) is 9.59 Å². The first-order chi connectivity index (χ1) is 17.0. The first-order valence-corrected chi connectivity index (χ1v) is 12.5. The molecular formula is C27H36O8. The van der Waals surface area contributed by atoms with Gasteiger partial charge in [-0.1, -0.05) is 48.9 Å². The van der Waals surface area contributed by atoms with Crippen molar-refractivity contribution in [2.75, 3.05) is 13.7 Å². The highest BCUT2D eigenvalue weighted by molar-refractivity contribution is 5.70. The van der Waals surface area contributed by atoms with Crippen LogP contribution in [0.4, 0.5) is 0 Å². The summed E-state index contributed by atoms with van der Waals surface area (Å²) in [4.78, 5) is 23.5. The monoisotopic (exact) mass is 488 g/mol. The van der Waals surface area contributed by atoms with E-state index < -0.39 is 36.2 Å². The van der Waals surface area contributed by atoms with Crippen LogP contribution in [0.25, 0.3) is 0 Å². The van der Waals surface area contributed by atoms with Crippen LogP contribution in [0, 0.1) is 0 Å². The maximum Gasteiger partial charge on any atom is 0.309 e. The van der Waals surface area contributed by atoms with Crippen LogP contribution in [0.2, 0.25) is 0 Å². The van der Waals surface area contributed by atoms with Crippen molar-refractivity contribution in [3.05, 3.63) is 48.0 Å². The summed E-state index contributed by atoms with van der Waals surface area (Å²) >= 11 is 0. The zero-order chi connectivity index (χ0) is 24.7. The Morgan fingerprint density at radius 3 is 2.49 bits per heavy atom. The second-order valence-electron chi connectivity index (χ2n) is 9.41. The van der Waals surface area contributed by atoms with Gasteiger partial charge in [0, 0.05) is 19.8 Å². The highest BCUT2D eigenvalue weighted by atomic mass is 16.8. The van der Waals surface area contributed by atoms with Gasteiger partial charge < -0.3 is 28.4 Å². The van der Waals surface area contributed by atoms with Crippen LogP contribution < -0.4 is 0 Å². The topological polar surface area (TPSA) is 89.5 Å². The Kier molecular flexibility index (Phi) is 8.94. The summed E-state index contributed by atoms with van der Waals surface area (Å²) in [5.41, 5.74) is 1.08. The van der Waals surface area contributed by atoms with Gasteiger partial charge in [0.25, 0.3) is 0 Å². The summed E-state index contributed by atoms with van der Waals surface area (Å²) in [6.45, 7) is 2.17. The Morgan fingerprint density at radius 2 is 1.77 bits per heavy atom. The van der Waals surface area contributed by atoms with Gasteiger partial charge in [0.15, 0.2) is 11.9 Å². The van der Waals surface area contributed by atoms with E-state index in [1.807, 2.05) is 36.4 Å². The van der Waals surface area contributed by atoms with Crippen molar-refractivity contribution >= 4 is 11.9 Å². The van der Waals surface area contributed by atoms with Crippen molar-refractivity contribution in [2.24, 2.45) is 0 Å². The SMILES string of the molecule is COC(=O)C/C=C\C[C@@H]1O[C@@H](COCc2ccccc2)[C@H]2OC3(CCCCC3)O[C@H]2[C@H]1OC(C)=O. The van der Waals surface area contributed by atoms with Crippen LogP contribution in [-0.2, 0) is 44.6 Å². The number of methoxy groups -OCH3 is 1. The van der Waals surface area contributed by atoms with Crippen LogP contribution in [0.1, 0.15) is 57.4 Å². The van der Waals surface area contributed by atoms with E-state index in [1.54, 1.807) is 6.08 Å². The first kappa shape index (κ1) is 25.8. The summed E-state index contributed by atoms with van der Waals surface area (Å²) in [5.74, 6) is -1.38. The van der Waals surface area contributed by atoms with Gasteiger partial charge in [-0.05, 0) is 24.8 Å². The summed E-state index contributed by atoms with van der Waals surface area (Å²) in [5, 5.41) is 0. The van der Waals surface area contributed by atoms with Gasteiger partial charge in [0.05, 0.1) is 26.7 Å². The molecule has 0 N–H and O–H groups in total. The standard InChI is InChI=1S/C27H36O8/c1-19(28)32-24-21(13-7-8-14-23(29)30-2)33-22(18-31-17-20-11-5-3-6-12-20)25-26(24)35-27(34-25)15-9-4-10-16-27/h3,5-8,11-12,21-22,24-26H,4,9-10,13-18H2,1-2H3/b8-7-/t21-,22-,24-,25+,26-/m0/s1. The molecular weight excluding hydrogens is 452 g/mol. The van der Waals surface area contributed by atoms with E-state index in [9.17, 15) is 9.59 Å². The minimum atomic E-state index is -0.664. The highest BCUT2D eigenvalue weighted by Gasteiger charge is 2.58. The fraction of sp³-hybridized carbons (Fsp3) is 0.630. The lowest BCUT2D eigenvalue weighted by Crippen LogP contribution is -2.58. The molecule has 4 rings (SSSR count). The van der Waals surface area contributed by atoms with Crippen LogP contribution >= 0.6 is 0 Å². The molecule has 2 saturated heterocycles. The molecule has 5 atom stereocenters. The molecule has 1 saturated carbocycles. The van der Waals surface area contributed by atoms with Crippen LogP contribution in [0.5, 0.6) is 0 Å². The molecule has 2 heterocycles. The Labute approximate surface area is 206 Å². The zero-order valence-electron chi connectivity index (χ0n) is 20.6. The van der Waals surface area contributed by atoms with Crippen molar-refractivity contribution in [1.82, 2.24) is 0 Å². The predicted molar refractivity (Wildman–Crippen MR) is 126 cm³/mol. The Morgan fingerprint density at radius 1 is 1.03 bits per heavy atom. The number of benzene rings is 1. The van der Waals surface area contributed by atoms with E-state index in [2.05, 4.69) is 0 Å². The van der Waals surface area contributed by atoms with Gasteiger partial charge in [-0.15, -0.1) is 0 Å². The van der Waals surface area contributed by atoms with Crippen molar-refractivity contribution in [1.29, 1.82) is 0 Å². The van der Waals surface area contributed by atoms with Gasteiger partial charge in [-0.25, -0.2) is 0 Å². The average Bonchev–Trinajstić information content (AvgIpc) is 3.23.